The maximum atomic E-state index is 12.4. The van der Waals surface area contributed by atoms with Gasteiger partial charge >= 0.3 is 0 Å². The summed E-state index contributed by atoms with van der Waals surface area (Å²) in [7, 11) is 0. The zero-order valence-corrected chi connectivity index (χ0v) is 7.94. The molecule has 1 saturated carbocycles. The van der Waals surface area contributed by atoms with E-state index in [1.54, 1.807) is 0 Å². The van der Waals surface area contributed by atoms with Crippen molar-refractivity contribution in [2.24, 2.45) is 5.41 Å². The molecular weight excluding hydrogens is 176 g/mol. The standard InChI is InChI=1S/C9H15F2NO/c1-9(2,7(10)11)8(13)12-6-4-3-5-6/h6-7H,3-5H2,1-2H3,(H,12,13). The van der Waals surface area contributed by atoms with Gasteiger partial charge in [-0.2, -0.15) is 0 Å². The maximum Gasteiger partial charge on any atom is 0.252 e. The molecule has 76 valence electrons. The number of carbonyl (C=O) groups is 1. The van der Waals surface area contributed by atoms with Crippen LogP contribution in [-0.4, -0.2) is 18.4 Å². The summed E-state index contributed by atoms with van der Waals surface area (Å²) in [5.74, 6) is -0.535. The van der Waals surface area contributed by atoms with Crippen LogP contribution in [0.2, 0.25) is 0 Å². The van der Waals surface area contributed by atoms with Gasteiger partial charge in [-0.3, -0.25) is 4.79 Å². The highest BCUT2D eigenvalue weighted by Gasteiger charge is 2.38. The van der Waals surface area contributed by atoms with Gasteiger partial charge in [0, 0.05) is 6.04 Å². The molecule has 1 amide bonds. The summed E-state index contributed by atoms with van der Waals surface area (Å²) in [5.41, 5.74) is -1.56. The van der Waals surface area contributed by atoms with Crippen molar-refractivity contribution < 1.29 is 13.6 Å². The Balaban J connectivity index is 2.45. The molecule has 0 radical (unpaired) electrons. The lowest BCUT2D eigenvalue weighted by molar-refractivity contribution is -0.138. The van der Waals surface area contributed by atoms with Crippen LogP contribution in [0.5, 0.6) is 0 Å². The first-order valence-corrected chi connectivity index (χ1v) is 4.53. The highest BCUT2D eigenvalue weighted by molar-refractivity contribution is 5.82. The topological polar surface area (TPSA) is 29.1 Å². The van der Waals surface area contributed by atoms with E-state index in [-0.39, 0.29) is 6.04 Å². The second-order valence-corrected chi connectivity index (χ2v) is 4.12. The Labute approximate surface area is 76.7 Å². The first-order chi connectivity index (χ1) is 5.94. The van der Waals surface area contributed by atoms with Crippen LogP contribution in [0.25, 0.3) is 0 Å². The van der Waals surface area contributed by atoms with Crippen LogP contribution >= 0.6 is 0 Å². The molecule has 1 fully saturated rings. The number of amides is 1. The predicted octanol–water partition coefficient (Wildman–Crippen LogP) is 1.95. The summed E-state index contributed by atoms with van der Waals surface area (Å²) in [5, 5.41) is 2.62. The van der Waals surface area contributed by atoms with Crippen LogP contribution in [0.1, 0.15) is 33.1 Å². The van der Waals surface area contributed by atoms with Gasteiger partial charge in [0.1, 0.15) is 5.41 Å². The monoisotopic (exact) mass is 191 g/mol. The van der Waals surface area contributed by atoms with Gasteiger partial charge < -0.3 is 5.32 Å². The van der Waals surface area contributed by atoms with Crippen LogP contribution < -0.4 is 5.32 Å². The molecule has 1 aliphatic rings. The Morgan fingerprint density at radius 1 is 1.46 bits per heavy atom. The Morgan fingerprint density at radius 2 is 2.00 bits per heavy atom. The number of nitrogens with one attached hydrogen (secondary N) is 1. The molecule has 1 rings (SSSR count). The Hall–Kier alpha value is -0.670. The summed E-state index contributed by atoms with van der Waals surface area (Å²) in [4.78, 5) is 11.3. The second kappa shape index (κ2) is 3.60. The van der Waals surface area contributed by atoms with Crippen LogP contribution in [0, 0.1) is 5.41 Å². The lowest BCUT2D eigenvalue weighted by Crippen LogP contribution is -2.48. The average Bonchev–Trinajstić information content (AvgIpc) is 1.95. The van der Waals surface area contributed by atoms with E-state index in [0.717, 1.165) is 19.3 Å². The molecule has 0 saturated heterocycles. The molecule has 0 heterocycles. The van der Waals surface area contributed by atoms with E-state index in [0.29, 0.717) is 0 Å². The summed E-state index contributed by atoms with van der Waals surface area (Å²) < 4.78 is 24.7. The van der Waals surface area contributed by atoms with Crippen molar-refractivity contribution in [3.8, 4) is 0 Å². The van der Waals surface area contributed by atoms with Gasteiger partial charge in [-0.25, -0.2) is 8.78 Å². The first-order valence-electron chi connectivity index (χ1n) is 4.53. The Bertz CT molecular complexity index is 200. The van der Waals surface area contributed by atoms with E-state index >= 15 is 0 Å². The molecule has 4 heteroatoms. The normalized spacial score (nSPS) is 18.5. The zero-order valence-electron chi connectivity index (χ0n) is 7.94. The first kappa shape index (κ1) is 10.4. The zero-order chi connectivity index (χ0) is 10.1. The van der Waals surface area contributed by atoms with E-state index in [2.05, 4.69) is 5.32 Å². The third kappa shape index (κ3) is 2.17. The van der Waals surface area contributed by atoms with E-state index in [1.165, 1.54) is 13.8 Å². The van der Waals surface area contributed by atoms with E-state index in [4.69, 9.17) is 0 Å². The maximum absolute atomic E-state index is 12.4. The van der Waals surface area contributed by atoms with Crippen molar-refractivity contribution in [1.82, 2.24) is 5.32 Å². The SMILES string of the molecule is CC(C)(C(=O)NC1CCC1)C(F)F. The molecule has 0 aromatic rings. The van der Waals surface area contributed by atoms with Gasteiger partial charge in [-0.15, -0.1) is 0 Å². The van der Waals surface area contributed by atoms with Gasteiger partial charge in [0.05, 0.1) is 0 Å². The molecule has 0 atom stereocenters. The van der Waals surface area contributed by atoms with E-state index in [9.17, 15) is 13.6 Å². The van der Waals surface area contributed by atoms with Gasteiger partial charge in [-0.1, -0.05) is 0 Å². The van der Waals surface area contributed by atoms with Crippen molar-refractivity contribution >= 4 is 5.91 Å². The summed E-state index contributed by atoms with van der Waals surface area (Å²) in [6.45, 7) is 2.54. The van der Waals surface area contributed by atoms with Crippen LogP contribution in [0.4, 0.5) is 8.78 Å². The minimum absolute atomic E-state index is 0.130. The highest BCUT2D eigenvalue weighted by atomic mass is 19.3. The molecule has 2 nitrogen and oxygen atoms in total. The van der Waals surface area contributed by atoms with E-state index < -0.39 is 17.7 Å². The quantitative estimate of drug-likeness (QED) is 0.725. The molecule has 0 aliphatic heterocycles. The number of rotatable bonds is 3. The third-order valence-electron chi connectivity index (χ3n) is 2.57. The van der Waals surface area contributed by atoms with Crippen molar-refractivity contribution in [1.29, 1.82) is 0 Å². The van der Waals surface area contributed by atoms with Crippen molar-refractivity contribution in [3.05, 3.63) is 0 Å². The summed E-state index contributed by atoms with van der Waals surface area (Å²) in [6, 6.07) is 0.130. The molecule has 1 aliphatic carbocycles. The lowest BCUT2D eigenvalue weighted by atomic mass is 9.89. The molecular formula is C9H15F2NO. The highest BCUT2D eigenvalue weighted by Crippen LogP contribution is 2.27. The third-order valence-corrected chi connectivity index (χ3v) is 2.57. The van der Waals surface area contributed by atoms with Crippen LogP contribution in [0.3, 0.4) is 0 Å². The molecule has 0 aromatic heterocycles. The molecule has 0 unspecified atom stereocenters. The fourth-order valence-electron chi connectivity index (χ4n) is 1.02. The number of alkyl halides is 2. The molecule has 0 spiro atoms. The Kier molecular flexibility index (Phi) is 2.88. The fraction of sp³-hybridized carbons (Fsp3) is 0.889. The second-order valence-electron chi connectivity index (χ2n) is 4.12. The number of carbonyl (C=O) groups excluding carboxylic acids is 1. The summed E-state index contributed by atoms with van der Waals surface area (Å²) >= 11 is 0. The Morgan fingerprint density at radius 3 is 2.31 bits per heavy atom. The molecule has 0 aromatic carbocycles. The minimum Gasteiger partial charge on any atom is -0.353 e. The number of halogens is 2. The van der Waals surface area contributed by atoms with E-state index in [1.807, 2.05) is 0 Å². The number of hydrogen-bond donors (Lipinski definition) is 1. The van der Waals surface area contributed by atoms with Crippen LogP contribution in [0.15, 0.2) is 0 Å². The van der Waals surface area contributed by atoms with Gasteiger partial charge in [0.2, 0.25) is 5.91 Å². The lowest BCUT2D eigenvalue weighted by Gasteiger charge is -2.31. The van der Waals surface area contributed by atoms with Crippen molar-refractivity contribution in [2.75, 3.05) is 0 Å². The molecule has 0 bridgehead atoms. The van der Waals surface area contributed by atoms with Gasteiger partial charge in [0.15, 0.2) is 0 Å². The van der Waals surface area contributed by atoms with Gasteiger partial charge in [-0.05, 0) is 33.1 Å². The minimum atomic E-state index is -2.60. The van der Waals surface area contributed by atoms with Crippen molar-refractivity contribution in [2.45, 2.75) is 45.6 Å². The summed E-state index contributed by atoms with van der Waals surface area (Å²) in [6.07, 6.45) is 0.323. The van der Waals surface area contributed by atoms with Crippen molar-refractivity contribution in [3.63, 3.8) is 0 Å². The fourth-order valence-corrected chi connectivity index (χ4v) is 1.02. The average molecular weight is 191 g/mol. The van der Waals surface area contributed by atoms with Gasteiger partial charge in [0.25, 0.3) is 6.43 Å². The van der Waals surface area contributed by atoms with Crippen LogP contribution in [-0.2, 0) is 4.79 Å². The largest absolute Gasteiger partial charge is 0.353 e. The molecule has 13 heavy (non-hydrogen) atoms. The molecule has 1 N–H and O–H groups in total. The smallest absolute Gasteiger partial charge is 0.252 e. The predicted molar refractivity (Wildman–Crippen MR) is 45.6 cm³/mol. The number of hydrogen-bond acceptors (Lipinski definition) is 1.